The molecule has 0 unspecified atom stereocenters. The second-order valence-electron chi connectivity index (χ2n) is 10.1. The van der Waals surface area contributed by atoms with Crippen LogP contribution in [0.4, 0.5) is 9.18 Å². The van der Waals surface area contributed by atoms with Gasteiger partial charge in [-0.2, -0.15) is 0 Å². The monoisotopic (exact) mass is 549 g/mol. The molecule has 1 heterocycles. The first-order valence-electron chi connectivity index (χ1n) is 13.6. The Morgan fingerprint density at radius 2 is 1.80 bits per heavy atom. The van der Waals surface area contributed by atoms with Crippen LogP contribution in [0.2, 0.25) is 0 Å². The van der Waals surface area contributed by atoms with Crippen LogP contribution in [-0.2, 0) is 22.6 Å². The minimum Gasteiger partial charge on any atom is -0.491 e. The SMILES string of the molecule is CCOC(=O)CCc1ccc(OCc2cccc(-c3c(C)cc(OC[C@@H]4CCCN4C(=O)O)cc3C)c2)cc1F. The summed E-state index contributed by atoms with van der Waals surface area (Å²) in [7, 11) is 0. The van der Waals surface area contributed by atoms with E-state index in [1.54, 1.807) is 19.1 Å². The number of halogens is 1. The number of hydrogen-bond donors (Lipinski definition) is 1. The standard InChI is InChI=1S/C32H36FNO6/c1-4-38-30(35)13-11-24-10-12-27(18-29(24)33)39-19-23-7-5-8-25(17-23)31-21(2)15-28(16-22(31)3)40-20-26-9-6-14-34(26)32(36)37/h5,7-8,10,12,15-18,26H,4,6,9,11,13-14,19-20H2,1-3H3,(H,36,37)/t26-/m0/s1. The van der Waals surface area contributed by atoms with Crippen LogP contribution in [0.1, 0.15) is 48.4 Å². The van der Waals surface area contributed by atoms with Gasteiger partial charge in [-0.3, -0.25) is 4.79 Å². The van der Waals surface area contributed by atoms with Crippen LogP contribution in [-0.4, -0.2) is 47.9 Å². The van der Waals surface area contributed by atoms with Crippen LogP contribution < -0.4 is 9.47 Å². The molecule has 0 bridgehead atoms. The van der Waals surface area contributed by atoms with Crippen molar-refractivity contribution in [3.63, 3.8) is 0 Å². The summed E-state index contributed by atoms with van der Waals surface area (Å²) in [5.74, 6) is 0.391. The van der Waals surface area contributed by atoms with Gasteiger partial charge in [0.2, 0.25) is 0 Å². The molecular formula is C32H36FNO6. The highest BCUT2D eigenvalue weighted by atomic mass is 19.1. The number of carbonyl (C=O) groups is 2. The summed E-state index contributed by atoms with van der Waals surface area (Å²) in [6.45, 7) is 7.28. The number of hydrogen-bond acceptors (Lipinski definition) is 5. The molecule has 3 aromatic carbocycles. The maximum absolute atomic E-state index is 14.5. The van der Waals surface area contributed by atoms with Gasteiger partial charge in [0.1, 0.15) is 30.5 Å². The van der Waals surface area contributed by atoms with E-state index in [0.29, 0.717) is 31.1 Å². The number of likely N-dealkylation sites (tertiary alicyclic amines) is 1. The molecular weight excluding hydrogens is 513 g/mol. The Balaban J connectivity index is 1.39. The first-order valence-corrected chi connectivity index (χ1v) is 13.6. The Labute approximate surface area is 234 Å². The van der Waals surface area contributed by atoms with E-state index < -0.39 is 11.9 Å². The Morgan fingerprint density at radius 3 is 2.50 bits per heavy atom. The van der Waals surface area contributed by atoms with Crippen molar-refractivity contribution in [1.82, 2.24) is 4.90 Å². The second kappa shape index (κ2) is 13.3. The molecule has 1 amide bonds. The third-order valence-electron chi connectivity index (χ3n) is 7.12. The lowest BCUT2D eigenvalue weighted by atomic mass is 9.94. The lowest BCUT2D eigenvalue weighted by Crippen LogP contribution is -2.38. The number of benzene rings is 3. The second-order valence-corrected chi connectivity index (χ2v) is 10.1. The molecule has 1 saturated heterocycles. The molecule has 7 nitrogen and oxygen atoms in total. The van der Waals surface area contributed by atoms with E-state index in [9.17, 15) is 19.1 Å². The molecule has 1 aliphatic heterocycles. The molecule has 8 heteroatoms. The van der Waals surface area contributed by atoms with Crippen molar-refractivity contribution in [2.24, 2.45) is 0 Å². The zero-order valence-electron chi connectivity index (χ0n) is 23.2. The zero-order chi connectivity index (χ0) is 28.6. The van der Waals surface area contributed by atoms with Gasteiger partial charge in [0, 0.05) is 19.0 Å². The molecule has 0 spiro atoms. The maximum Gasteiger partial charge on any atom is 0.407 e. The number of carbonyl (C=O) groups excluding carboxylic acids is 1. The lowest BCUT2D eigenvalue weighted by Gasteiger charge is -2.22. The van der Waals surface area contributed by atoms with Crippen molar-refractivity contribution in [2.75, 3.05) is 19.8 Å². The molecule has 1 aliphatic rings. The fourth-order valence-electron chi connectivity index (χ4n) is 5.19. The molecule has 0 aliphatic carbocycles. The van der Waals surface area contributed by atoms with Crippen LogP contribution in [0.15, 0.2) is 54.6 Å². The third kappa shape index (κ3) is 7.31. The van der Waals surface area contributed by atoms with Gasteiger partial charge in [-0.25, -0.2) is 9.18 Å². The van der Waals surface area contributed by atoms with Crippen LogP contribution in [0, 0.1) is 19.7 Å². The largest absolute Gasteiger partial charge is 0.491 e. The average Bonchev–Trinajstić information content (AvgIpc) is 3.39. The highest BCUT2D eigenvalue weighted by molar-refractivity contribution is 5.72. The summed E-state index contributed by atoms with van der Waals surface area (Å²) in [4.78, 5) is 24.4. The van der Waals surface area contributed by atoms with Crippen LogP contribution in [0.25, 0.3) is 11.1 Å². The fourth-order valence-corrected chi connectivity index (χ4v) is 5.19. The Bertz CT molecular complexity index is 1330. The lowest BCUT2D eigenvalue weighted by molar-refractivity contribution is -0.143. The Hall–Kier alpha value is -4.07. The van der Waals surface area contributed by atoms with E-state index in [0.717, 1.165) is 46.4 Å². The van der Waals surface area contributed by atoms with Crippen molar-refractivity contribution in [3.05, 3.63) is 82.7 Å². The molecule has 4 rings (SSSR count). The smallest absolute Gasteiger partial charge is 0.407 e. The van der Waals surface area contributed by atoms with Gasteiger partial charge in [0.05, 0.1) is 12.6 Å². The molecule has 1 atom stereocenters. The van der Waals surface area contributed by atoms with Gasteiger partial charge in [0.25, 0.3) is 0 Å². The summed E-state index contributed by atoms with van der Waals surface area (Å²) in [6, 6.07) is 16.6. The predicted octanol–water partition coefficient (Wildman–Crippen LogP) is 6.71. The zero-order valence-corrected chi connectivity index (χ0v) is 23.2. The minimum atomic E-state index is -0.897. The van der Waals surface area contributed by atoms with E-state index >= 15 is 0 Å². The van der Waals surface area contributed by atoms with Gasteiger partial charge in [-0.1, -0.05) is 24.3 Å². The number of ether oxygens (including phenoxy) is 3. The highest BCUT2D eigenvalue weighted by Crippen LogP contribution is 2.32. The molecule has 40 heavy (non-hydrogen) atoms. The van der Waals surface area contributed by atoms with Gasteiger partial charge < -0.3 is 24.2 Å². The number of aryl methyl sites for hydroxylation is 3. The van der Waals surface area contributed by atoms with Gasteiger partial charge >= 0.3 is 12.1 Å². The number of carboxylic acid groups (broad SMARTS) is 1. The first-order chi connectivity index (χ1) is 19.2. The third-order valence-corrected chi connectivity index (χ3v) is 7.12. The number of amides is 1. The summed E-state index contributed by atoms with van der Waals surface area (Å²) in [6.07, 6.45) is 1.17. The van der Waals surface area contributed by atoms with E-state index in [1.165, 1.54) is 11.0 Å². The van der Waals surface area contributed by atoms with Crippen LogP contribution in [0.5, 0.6) is 11.5 Å². The normalized spacial score (nSPS) is 14.7. The molecule has 1 N–H and O–H groups in total. The summed E-state index contributed by atoms with van der Waals surface area (Å²) in [5.41, 5.74) is 5.63. The predicted molar refractivity (Wildman–Crippen MR) is 150 cm³/mol. The molecule has 1 fully saturated rings. The molecule has 0 aromatic heterocycles. The maximum atomic E-state index is 14.5. The van der Waals surface area contributed by atoms with Gasteiger partial charge in [-0.05, 0) is 97.7 Å². The number of rotatable bonds is 11. The summed E-state index contributed by atoms with van der Waals surface area (Å²) < 4.78 is 31.3. The number of nitrogens with zero attached hydrogens (tertiary/aromatic N) is 1. The highest BCUT2D eigenvalue weighted by Gasteiger charge is 2.29. The van der Waals surface area contributed by atoms with Crippen molar-refractivity contribution in [1.29, 1.82) is 0 Å². The van der Waals surface area contributed by atoms with E-state index in [4.69, 9.17) is 14.2 Å². The van der Waals surface area contributed by atoms with Gasteiger partial charge in [-0.15, -0.1) is 0 Å². The van der Waals surface area contributed by atoms with Crippen LogP contribution >= 0.6 is 0 Å². The van der Waals surface area contributed by atoms with E-state index in [1.807, 2.05) is 44.2 Å². The first kappa shape index (κ1) is 28.9. The fraction of sp³-hybridized carbons (Fsp3) is 0.375. The van der Waals surface area contributed by atoms with Crippen LogP contribution in [0.3, 0.4) is 0 Å². The quantitative estimate of drug-likeness (QED) is 0.268. The van der Waals surface area contributed by atoms with Gasteiger partial charge in [0.15, 0.2) is 0 Å². The minimum absolute atomic E-state index is 0.122. The summed E-state index contributed by atoms with van der Waals surface area (Å²) >= 11 is 0. The Kier molecular flexibility index (Phi) is 9.64. The van der Waals surface area contributed by atoms with Crippen molar-refractivity contribution in [3.8, 4) is 22.6 Å². The summed E-state index contributed by atoms with van der Waals surface area (Å²) in [5, 5.41) is 9.36. The number of esters is 1. The van der Waals surface area contributed by atoms with E-state index in [-0.39, 0.29) is 31.5 Å². The van der Waals surface area contributed by atoms with Crippen molar-refractivity contribution >= 4 is 12.1 Å². The van der Waals surface area contributed by atoms with Crippen molar-refractivity contribution < 1.29 is 33.3 Å². The van der Waals surface area contributed by atoms with E-state index in [2.05, 4.69) is 6.07 Å². The Morgan fingerprint density at radius 1 is 1.02 bits per heavy atom. The average molecular weight is 550 g/mol. The van der Waals surface area contributed by atoms with Crippen molar-refractivity contribution in [2.45, 2.75) is 59.1 Å². The molecule has 0 saturated carbocycles. The molecule has 212 valence electrons. The topological polar surface area (TPSA) is 85.3 Å². The molecule has 3 aromatic rings. The molecule has 0 radical (unpaired) electrons.